The standard InChI is InChI=1S/C23H16BrNO3S/c24-18-11-9-16(10-12-18)15-25-22(26)21(29-23(25)27)14-17-5-4-8-20(13-17)28-19-6-2-1-3-7-19/h1-14H,15H2/b21-14-. The van der Waals surface area contributed by atoms with Crippen molar-refractivity contribution in [1.29, 1.82) is 0 Å². The van der Waals surface area contributed by atoms with Crippen LogP contribution >= 0.6 is 27.7 Å². The van der Waals surface area contributed by atoms with E-state index in [0.29, 0.717) is 10.7 Å². The zero-order valence-electron chi connectivity index (χ0n) is 15.2. The Balaban J connectivity index is 1.51. The van der Waals surface area contributed by atoms with E-state index < -0.39 is 0 Å². The minimum absolute atomic E-state index is 0.256. The normalized spacial score (nSPS) is 15.2. The van der Waals surface area contributed by atoms with Crippen molar-refractivity contribution in [2.24, 2.45) is 0 Å². The molecule has 0 aromatic heterocycles. The van der Waals surface area contributed by atoms with Gasteiger partial charge in [-0.05, 0) is 65.4 Å². The molecule has 0 saturated carbocycles. The molecule has 29 heavy (non-hydrogen) atoms. The molecule has 0 atom stereocenters. The van der Waals surface area contributed by atoms with Crippen molar-refractivity contribution in [3.63, 3.8) is 0 Å². The van der Waals surface area contributed by atoms with Crippen LogP contribution in [0.3, 0.4) is 0 Å². The molecule has 1 fully saturated rings. The van der Waals surface area contributed by atoms with E-state index in [-0.39, 0.29) is 17.7 Å². The number of imide groups is 1. The molecule has 0 aliphatic carbocycles. The number of amides is 2. The first-order valence-electron chi connectivity index (χ1n) is 8.91. The van der Waals surface area contributed by atoms with Gasteiger partial charge in [-0.2, -0.15) is 0 Å². The van der Waals surface area contributed by atoms with Crippen molar-refractivity contribution in [1.82, 2.24) is 4.90 Å². The Morgan fingerprint density at radius 1 is 0.897 bits per heavy atom. The van der Waals surface area contributed by atoms with Crippen LogP contribution in [0.2, 0.25) is 0 Å². The lowest BCUT2D eigenvalue weighted by molar-refractivity contribution is -0.123. The number of rotatable bonds is 5. The van der Waals surface area contributed by atoms with Gasteiger partial charge in [0, 0.05) is 4.47 Å². The fourth-order valence-electron chi connectivity index (χ4n) is 2.85. The maximum atomic E-state index is 12.7. The summed E-state index contributed by atoms with van der Waals surface area (Å²) < 4.78 is 6.79. The van der Waals surface area contributed by atoms with Gasteiger partial charge >= 0.3 is 0 Å². The SMILES string of the molecule is O=C1S/C(=C\c2cccc(Oc3ccccc3)c2)C(=O)N1Cc1ccc(Br)cc1. The van der Waals surface area contributed by atoms with Crippen molar-refractivity contribution in [3.8, 4) is 11.5 Å². The average Bonchev–Trinajstić information content (AvgIpc) is 2.98. The lowest BCUT2D eigenvalue weighted by atomic mass is 10.2. The molecule has 2 amide bonds. The van der Waals surface area contributed by atoms with Crippen LogP contribution in [0.1, 0.15) is 11.1 Å². The Labute approximate surface area is 181 Å². The van der Waals surface area contributed by atoms with Crippen LogP contribution in [0, 0.1) is 0 Å². The molecular formula is C23H16BrNO3S. The first-order chi connectivity index (χ1) is 14.1. The molecule has 0 bridgehead atoms. The van der Waals surface area contributed by atoms with Gasteiger partial charge in [0.25, 0.3) is 11.1 Å². The van der Waals surface area contributed by atoms with Crippen molar-refractivity contribution < 1.29 is 14.3 Å². The zero-order chi connectivity index (χ0) is 20.2. The van der Waals surface area contributed by atoms with Crippen LogP contribution in [0.25, 0.3) is 6.08 Å². The third-order valence-electron chi connectivity index (χ3n) is 4.26. The summed E-state index contributed by atoms with van der Waals surface area (Å²) in [5, 5.41) is -0.263. The molecule has 1 aliphatic heterocycles. The molecule has 6 heteroatoms. The highest BCUT2D eigenvalue weighted by Crippen LogP contribution is 2.34. The molecular weight excluding hydrogens is 450 g/mol. The first-order valence-corrected chi connectivity index (χ1v) is 10.5. The van der Waals surface area contributed by atoms with E-state index >= 15 is 0 Å². The number of nitrogens with zero attached hydrogens (tertiary/aromatic N) is 1. The second-order valence-electron chi connectivity index (χ2n) is 6.38. The maximum absolute atomic E-state index is 12.7. The molecule has 3 aromatic rings. The number of carbonyl (C=O) groups is 2. The quantitative estimate of drug-likeness (QED) is 0.404. The summed E-state index contributed by atoms with van der Waals surface area (Å²) >= 11 is 4.34. The Morgan fingerprint density at radius 3 is 2.38 bits per heavy atom. The zero-order valence-corrected chi connectivity index (χ0v) is 17.7. The minimum atomic E-state index is -0.280. The van der Waals surface area contributed by atoms with Gasteiger partial charge in [0.1, 0.15) is 11.5 Å². The van der Waals surface area contributed by atoms with Crippen LogP contribution < -0.4 is 4.74 Å². The molecule has 0 unspecified atom stereocenters. The number of thioether (sulfide) groups is 1. The number of ether oxygens (including phenoxy) is 1. The van der Waals surface area contributed by atoms with Crippen LogP contribution in [0.15, 0.2) is 88.2 Å². The molecule has 4 nitrogen and oxygen atoms in total. The molecule has 1 saturated heterocycles. The highest BCUT2D eigenvalue weighted by Gasteiger charge is 2.34. The summed E-state index contributed by atoms with van der Waals surface area (Å²) in [4.78, 5) is 26.8. The van der Waals surface area contributed by atoms with E-state index in [1.807, 2.05) is 78.9 Å². The van der Waals surface area contributed by atoms with Gasteiger partial charge in [0.05, 0.1) is 11.4 Å². The smallest absolute Gasteiger partial charge is 0.293 e. The first kappa shape index (κ1) is 19.5. The predicted octanol–water partition coefficient (Wildman–Crippen LogP) is 6.48. The van der Waals surface area contributed by atoms with Gasteiger partial charge in [-0.25, -0.2) is 0 Å². The fourth-order valence-corrected chi connectivity index (χ4v) is 3.96. The van der Waals surface area contributed by atoms with E-state index in [1.165, 1.54) is 4.90 Å². The number of hydrogen-bond donors (Lipinski definition) is 0. The van der Waals surface area contributed by atoms with Crippen LogP contribution in [-0.2, 0) is 11.3 Å². The van der Waals surface area contributed by atoms with Gasteiger partial charge in [-0.1, -0.05) is 58.4 Å². The van der Waals surface area contributed by atoms with E-state index in [4.69, 9.17) is 4.74 Å². The Bertz CT molecular complexity index is 1080. The van der Waals surface area contributed by atoms with Crippen molar-refractivity contribution in [2.75, 3.05) is 0 Å². The highest BCUT2D eigenvalue weighted by molar-refractivity contribution is 9.10. The van der Waals surface area contributed by atoms with E-state index in [0.717, 1.165) is 33.1 Å². The van der Waals surface area contributed by atoms with Crippen LogP contribution in [0.4, 0.5) is 4.79 Å². The number of benzene rings is 3. The third kappa shape index (κ3) is 4.78. The number of hydrogen-bond acceptors (Lipinski definition) is 4. The average molecular weight is 466 g/mol. The van der Waals surface area contributed by atoms with Gasteiger partial charge in [-0.15, -0.1) is 0 Å². The van der Waals surface area contributed by atoms with Crippen molar-refractivity contribution >= 4 is 44.9 Å². The third-order valence-corrected chi connectivity index (χ3v) is 5.70. The van der Waals surface area contributed by atoms with Gasteiger partial charge in [0.15, 0.2) is 0 Å². The second kappa shape index (κ2) is 8.68. The summed E-state index contributed by atoms with van der Waals surface area (Å²) in [7, 11) is 0. The van der Waals surface area contributed by atoms with Gasteiger partial charge < -0.3 is 4.74 Å². The molecule has 1 heterocycles. The highest BCUT2D eigenvalue weighted by atomic mass is 79.9. The fraction of sp³-hybridized carbons (Fsp3) is 0.0435. The predicted molar refractivity (Wildman–Crippen MR) is 119 cm³/mol. The van der Waals surface area contributed by atoms with Crippen molar-refractivity contribution in [3.05, 3.63) is 99.4 Å². The lowest BCUT2D eigenvalue weighted by Crippen LogP contribution is -2.27. The summed E-state index contributed by atoms with van der Waals surface area (Å²) in [6.07, 6.45) is 1.73. The maximum Gasteiger partial charge on any atom is 0.293 e. The molecule has 1 aliphatic rings. The number of carbonyl (C=O) groups excluding carboxylic acids is 2. The molecule has 144 valence electrons. The van der Waals surface area contributed by atoms with Gasteiger partial charge in [0.2, 0.25) is 0 Å². The second-order valence-corrected chi connectivity index (χ2v) is 8.29. The Kier molecular flexibility index (Phi) is 5.83. The lowest BCUT2D eigenvalue weighted by Gasteiger charge is -2.12. The molecule has 0 radical (unpaired) electrons. The topological polar surface area (TPSA) is 46.6 Å². The number of halogens is 1. The van der Waals surface area contributed by atoms with Crippen LogP contribution in [0.5, 0.6) is 11.5 Å². The molecule has 3 aromatic carbocycles. The van der Waals surface area contributed by atoms with Crippen LogP contribution in [-0.4, -0.2) is 16.0 Å². The monoisotopic (exact) mass is 465 g/mol. The molecule has 0 N–H and O–H groups in total. The largest absolute Gasteiger partial charge is 0.457 e. The van der Waals surface area contributed by atoms with E-state index in [9.17, 15) is 9.59 Å². The van der Waals surface area contributed by atoms with E-state index in [1.54, 1.807) is 6.08 Å². The summed E-state index contributed by atoms with van der Waals surface area (Å²) in [5.74, 6) is 1.12. The van der Waals surface area contributed by atoms with Crippen molar-refractivity contribution in [2.45, 2.75) is 6.54 Å². The Hall–Kier alpha value is -2.83. The summed E-state index contributed by atoms with van der Waals surface area (Å²) in [6.45, 7) is 0.256. The molecule has 4 rings (SSSR count). The van der Waals surface area contributed by atoms with E-state index in [2.05, 4.69) is 15.9 Å². The number of para-hydroxylation sites is 1. The molecule has 0 spiro atoms. The summed E-state index contributed by atoms with van der Waals surface area (Å²) in [6, 6.07) is 24.5. The summed E-state index contributed by atoms with van der Waals surface area (Å²) in [5.41, 5.74) is 1.70. The van der Waals surface area contributed by atoms with Gasteiger partial charge in [-0.3, -0.25) is 14.5 Å². The minimum Gasteiger partial charge on any atom is -0.457 e. The Morgan fingerprint density at radius 2 is 1.62 bits per heavy atom.